The van der Waals surface area contributed by atoms with Crippen LogP contribution in [0.5, 0.6) is 28.7 Å². The van der Waals surface area contributed by atoms with Crippen molar-refractivity contribution in [1.82, 2.24) is 0 Å². The van der Waals surface area contributed by atoms with Crippen LogP contribution in [0.25, 0.3) is 22.3 Å². The molecular weight excluding hydrogens is 608 g/mol. The first kappa shape index (κ1) is 32.6. The van der Waals surface area contributed by atoms with Gasteiger partial charge in [0.2, 0.25) is 23.8 Å². The smallest absolute Gasteiger partial charge is 0.239 e. The molecule has 246 valence electrons. The van der Waals surface area contributed by atoms with Gasteiger partial charge >= 0.3 is 0 Å². The first-order valence-electron chi connectivity index (χ1n) is 13.6. The summed E-state index contributed by atoms with van der Waals surface area (Å²) in [7, 11) is 1.27. The van der Waals surface area contributed by atoms with Gasteiger partial charge in [-0.1, -0.05) is 0 Å². The quantitative estimate of drug-likeness (QED) is 0.119. The molecule has 0 radical (unpaired) electrons. The third-order valence-corrected chi connectivity index (χ3v) is 7.53. The Balaban J connectivity index is 1.61. The summed E-state index contributed by atoms with van der Waals surface area (Å²) in [6.07, 6.45) is -16.8. The zero-order valence-electron chi connectivity index (χ0n) is 23.4. The number of benzene rings is 2. The van der Waals surface area contributed by atoms with Gasteiger partial charge in [0, 0.05) is 17.7 Å². The molecule has 2 aliphatic rings. The van der Waals surface area contributed by atoms with Crippen molar-refractivity contribution in [3.8, 4) is 40.1 Å². The number of hydrogen-bond acceptors (Lipinski definition) is 17. The Morgan fingerprint density at radius 1 is 0.733 bits per heavy atom. The molecule has 2 fully saturated rings. The number of ether oxygens (including phenoxy) is 5. The molecule has 2 aromatic carbocycles. The molecule has 3 heterocycles. The minimum atomic E-state index is -1.91. The van der Waals surface area contributed by atoms with Gasteiger partial charge in [-0.2, -0.15) is 0 Å². The van der Waals surface area contributed by atoms with Crippen LogP contribution in [-0.2, 0) is 9.47 Å². The first-order chi connectivity index (χ1) is 21.4. The van der Waals surface area contributed by atoms with Crippen molar-refractivity contribution >= 4 is 11.0 Å². The van der Waals surface area contributed by atoms with E-state index >= 15 is 0 Å². The minimum Gasteiger partial charge on any atom is -0.507 e. The summed E-state index contributed by atoms with van der Waals surface area (Å²) in [6, 6.07) is 5.87. The number of methoxy groups -OCH3 is 1. The standard InChI is InChI=1S/C28H32O17/c1-40-13-4-9(2-3-11(13)31)25-26(45-28-24(39)22(37)19(34)16(8-30)44-28)20(35)17-12(32)5-10(6-14(17)42-25)41-27-23(38)21(36)18(33)15(7-29)43-27/h2-6,15-16,18-19,21-24,27-34,36-39H,7-8H2,1H3/t15-,16-,18-,19-,21+,22+,23-,24+,27-,28+/m1/s1. The molecule has 10 atom stereocenters. The molecule has 0 amide bonds. The van der Waals surface area contributed by atoms with Crippen LogP contribution in [0.2, 0.25) is 0 Å². The number of aliphatic hydroxyl groups excluding tert-OH is 8. The normalized spacial score (nSPS) is 31.9. The number of aliphatic hydroxyl groups is 8. The lowest BCUT2D eigenvalue weighted by molar-refractivity contribution is -0.277. The number of aromatic hydroxyl groups is 2. The average Bonchev–Trinajstić information content (AvgIpc) is 3.02. The topological polar surface area (TPSA) is 279 Å². The van der Waals surface area contributed by atoms with E-state index in [0.29, 0.717) is 0 Å². The van der Waals surface area contributed by atoms with E-state index in [2.05, 4.69) is 0 Å². The molecular formula is C28H32O17. The van der Waals surface area contributed by atoms with Gasteiger partial charge in [-0.15, -0.1) is 0 Å². The largest absolute Gasteiger partial charge is 0.507 e. The molecule has 0 saturated carbocycles. The third-order valence-electron chi connectivity index (χ3n) is 7.53. The van der Waals surface area contributed by atoms with Crippen molar-refractivity contribution in [3.63, 3.8) is 0 Å². The maximum Gasteiger partial charge on any atom is 0.239 e. The Bertz CT molecular complexity index is 1570. The van der Waals surface area contributed by atoms with Gasteiger partial charge < -0.3 is 79.2 Å². The molecule has 0 bridgehead atoms. The summed E-state index contributed by atoms with van der Waals surface area (Å²) in [5.74, 6) is -2.30. The van der Waals surface area contributed by atoms with Crippen LogP contribution in [-0.4, -0.2) is 133 Å². The molecule has 17 heteroatoms. The second-order valence-corrected chi connectivity index (χ2v) is 10.4. The van der Waals surface area contributed by atoms with E-state index in [4.69, 9.17) is 28.1 Å². The molecule has 0 unspecified atom stereocenters. The minimum absolute atomic E-state index is 0.0448. The van der Waals surface area contributed by atoms with E-state index < -0.39 is 96.9 Å². The summed E-state index contributed by atoms with van der Waals surface area (Å²) >= 11 is 0. The molecule has 10 N–H and O–H groups in total. The van der Waals surface area contributed by atoms with Crippen LogP contribution in [0.1, 0.15) is 0 Å². The molecule has 3 aromatic rings. The van der Waals surface area contributed by atoms with Gasteiger partial charge in [0.15, 0.2) is 17.3 Å². The Kier molecular flexibility index (Phi) is 9.38. The van der Waals surface area contributed by atoms with E-state index in [9.17, 15) is 55.9 Å². The number of fused-ring (bicyclic) bond motifs is 1. The fraction of sp³-hybridized carbons (Fsp3) is 0.464. The number of rotatable bonds is 8. The second-order valence-electron chi connectivity index (χ2n) is 10.4. The van der Waals surface area contributed by atoms with Crippen molar-refractivity contribution < 1.29 is 79.2 Å². The zero-order chi connectivity index (χ0) is 32.7. The highest BCUT2D eigenvalue weighted by molar-refractivity contribution is 5.88. The van der Waals surface area contributed by atoms with Gasteiger partial charge in [0.25, 0.3) is 0 Å². The average molecular weight is 641 g/mol. The van der Waals surface area contributed by atoms with Crippen molar-refractivity contribution in [2.75, 3.05) is 20.3 Å². The molecule has 0 spiro atoms. The number of phenolic OH excluding ortho intramolecular Hbond substituents is 2. The Morgan fingerprint density at radius 2 is 1.31 bits per heavy atom. The predicted molar refractivity (Wildman–Crippen MR) is 147 cm³/mol. The monoisotopic (exact) mass is 640 g/mol. The highest BCUT2D eigenvalue weighted by atomic mass is 16.7. The van der Waals surface area contributed by atoms with E-state index in [1.165, 1.54) is 25.3 Å². The number of phenols is 2. The fourth-order valence-electron chi connectivity index (χ4n) is 5.02. The first-order valence-corrected chi connectivity index (χ1v) is 13.6. The summed E-state index contributed by atoms with van der Waals surface area (Å²) < 4.78 is 33.1. The lowest BCUT2D eigenvalue weighted by Crippen LogP contribution is -2.60. The molecule has 17 nitrogen and oxygen atoms in total. The highest BCUT2D eigenvalue weighted by Gasteiger charge is 2.46. The van der Waals surface area contributed by atoms with Gasteiger partial charge in [-0.3, -0.25) is 4.79 Å². The number of hydrogen-bond donors (Lipinski definition) is 10. The third kappa shape index (κ3) is 5.98. The van der Waals surface area contributed by atoms with Crippen LogP contribution in [0.15, 0.2) is 39.5 Å². The maximum absolute atomic E-state index is 13.8. The molecule has 0 aliphatic carbocycles. The molecule has 2 saturated heterocycles. The van der Waals surface area contributed by atoms with Crippen molar-refractivity contribution in [2.24, 2.45) is 0 Å². The predicted octanol–water partition coefficient (Wildman–Crippen LogP) is -2.76. The maximum atomic E-state index is 13.8. The molecule has 45 heavy (non-hydrogen) atoms. The van der Waals surface area contributed by atoms with E-state index in [1.54, 1.807) is 0 Å². The lowest BCUT2D eigenvalue weighted by Gasteiger charge is -2.39. The lowest BCUT2D eigenvalue weighted by atomic mass is 9.99. The Hall–Kier alpha value is -3.75. The van der Waals surface area contributed by atoms with Crippen LogP contribution in [0.3, 0.4) is 0 Å². The fourth-order valence-corrected chi connectivity index (χ4v) is 5.02. The van der Waals surface area contributed by atoms with Crippen LogP contribution in [0.4, 0.5) is 0 Å². The summed E-state index contributed by atoms with van der Waals surface area (Å²) in [4.78, 5) is 13.8. The van der Waals surface area contributed by atoms with E-state index in [-0.39, 0.29) is 34.2 Å². The summed E-state index contributed by atoms with van der Waals surface area (Å²) in [5.41, 5.74) is -1.27. The molecule has 5 rings (SSSR count). The van der Waals surface area contributed by atoms with Gasteiger partial charge in [-0.05, 0) is 18.2 Å². The molecule has 1 aromatic heterocycles. The van der Waals surface area contributed by atoms with E-state index in [1.807, 2.05) is 0 Å². The zero-order valence-corrected chi connectivity index (χ0v) is 23.4. The SMILES string of the molecule is COc1cc(-c2oc3cc(O[C@@H]4O[C@H](CO)[C@@H](O)[C@H](O)[C@H]4O)cc(O)c3c(=O)c2O[C@@H]2O[C@H](CO)[C@@H](O)[C@H](O)[C@@H]2O)ccc1O. The van der Waals surface area contributed by atoms with Crippen molar-refractivity contribution in [3.05, 3.63) is 40.6 Å². The van der Waals surface area contributed by atoms with Crippen LogP contribution >= 0.6 is 0 Å². The van der Waals surface area contributed by atoms with Crippen LogP contribution in [0, 0.1) is 0 Å². The second kappa shape index (κ2) is 12.9. The van der Waals surface area contributed by atoms with Crippen molar-refractivity contribution in [1.29, 1.82) is 0 Å². The summed E-state index contributed by atoms with van der Waals surface area (Å²) in [5, 5.41) is 101. The van der Waals surface area contributed by atoms with Gasteiger partial charge in [0.1, 0.15) is 71.3 Å². The Labute approximate surface area is 252 Å². The van der Waals surface area contributed by atoms with Crippen molar-refractivity contribution in [2.45, 2.75) is 61.4 Å². The Morgan fingerprint density at radius 3 is 1.87 bits per heavy atom. The summed E-state index contributed by atoms with van der Waals surface area (Å²) in [6.45, 7) is -1.50. The van der Waals surface area contributed by atoms with Gasteiger partial charge in [0.05, 0.1) is 20.3 Å². The highest BCUT2D eigenvalue weighted by Crippen LogP contribution is 2.40. The van der Waals surface area contributed by atoms with Crippen LogP contribution < -0.4 is 19.6 Å². The molecule has 2 aliphatic heterocycles. The van der Waals surface area contributed by atoms with E-state index in [0.717, 1.165) is 12.1 Å². The van der Waals surface area contributed by atoms with Gasteiger partial charge in [-0.25, -0.2) is 0 Å².